The molecular formula is C11H15I. The molecule has 0 saturated heterocycles. The van der Waals surface area contributed by atoms with Crippen LogP contribution in [0.15, 0.2) is 24.3 Å². The van der Waals surface area contributed by atoms with E-state index in [1.165, 1.54) is 11.1 Å². The molecule has 0 saturated carbocycles. The van der Waals surface area contributed by atoms with Crippen molar-refractivity contribution < 1.29 is 0 Å². The summed E-state index contributed by atoms with van der Waals surface area (Å²) in [7, 11) is 0. The zero-order valence-electron chi connectivity index (χ0n) is 7.89. The first-order chi connectivity index (χ1) is 5.56. The van der Waals surface area contributed by atoms with E-state index in [1.54, 1.807) is 0 Å². The highest BCUT2D eigenvalue weighted by molar-refractivity contribution is 14.1. The van der Waals surface area contributed by atoms with Crippen molar-refractivity contribution in [3.63, 3.8) is 0 Å². The Hall–Kier alpha value is -0.0500. The van der Waals surface area contributed by atoms with Crippen molar-refractivity contribution in [2.24, 2.45) is 0 Å². The molecule has 0 spiro atoms. The summed E-state index contributed by atoms with van der Waals surface area (Å²) in [4.78, 5) is 0. The number of aryl methyl sites for hydroxylation is 1. The molecule has 0 aliphatic heterocycles. The van der Waals surface area contributed by atoms with Crippen molar-refractivity contribution in [1.29, 1.82) is 0 Å². The highest BCUT2D eigenvalue weighted by atomic mass is 127. The quantitative estimate of drug-likeness (QED) is 0.569. The number of rotatable bonds is 2. The Bertz CT molecular complexity index is 246. The van der Waals surface area contributed by atoms with Gasteiger partial charge in [0, 0.05) is 4.43 Å². The first-order valence-corrected chi connectivity index (χ1v) is 5.72. The minimum atomic E-state index is 0.314. The maximum absolute atomic E-state index is 2.44. The Balaban J connectivity index is 2.96. The topological polar surface area (TPSA) is 0 Å². The zero-order valence-corrected chi connectivity index (χ0v) is 10.1. The van der Waals surface area contributed by atoms with E-state index in [0.717, 1.165) is 4.43 Å². The maximum atomic E-state index is 2.44. The van der Waals surface area contributed by atoms with Crippen LogP contribution in [0.1, 0.15) is 25.0 Å². The summed E-state index contributed by atoms with van der Waals surface area (Å²) < 4.78 is 1.16. The van der Waals surface area contributed by atoms with Crippen LogP contribution in [-0.4, -0.2) is 4.43 Å². The molecule has 1 heteroatoms. The van der Waals surface area contributed by atoms with E-state index in [4.69, 9.17) is 0 Å². The summed E-state index contributed by atoms with van der Waals surface area (Å²) in [6.07, 6.45) is 0. The molecule has 0 unspecified atom stereocenters. The van der Waals surface area contributed by atoms with E-state index < -0.39 is 0 Å². The van der Waals surface area contributed by atoms with Gasteiger partial charge in [0.2, 0.25) is 0 Å². The zero-order chi connectivity index (χ0) is 9.19. The van der Waals surface area contributed by atoms with Gasteiger partial charge >= 0.3 is 0 Å². The van der Waals surface area contributed by atoms with Gasteiger partial charge < -0.3 is 0 Å². The number of hydrogen-bond donors (Lipinski definition) is 0. The van der Waals surface area contributed by atoms with E-state index >= 15 is 0 Å². The Morgan fingerprint density at radius 1 is 1.17 bits per heavy atom. The fourth-order valence-corrected chi connectivity index (χ4v) is 1.52. The molecule has 0 aromatic heterocycles. The molecule has 0 nitrogen and oxygen atoms in total. The minimum Gasteiger partial charge on any atom is -0.0854 e. The Morgan fingerprint density at radius 3 is 2.08 bits per heavy atom. The molecule has 0 atom stereocenters. The number of halogens is 1. The van der Waals surface area contributed by atoms with Crippen LogP contribution in [0.2, 0.25) is 0 Å². The van der Waals surface area contributed by atoms with E-state index in [0.29, 0.717) is 5.41 Å². The average molecular weight is 274 g/mol. The molecule has 0 N–H and O–H groups in total. The van der Waals surface area contributed by atoms with Crippen LogP contribution in [0.3, 0.4) is 0 Å². The third-order valence-corrected chi connectivity index (χ3v) is 4.07. The van der Waals surface area contributed by atoms with Crippen LogP contribution >= 0.6 is 22.6 Å². The molecule has 0 aliphatic carbocycles. The van der Waals surface area contributed by atoms with Crippen molar-refractivity contribution in [1.82, 2.24) is 0 Å². The van der Waals surface area contributed by atoms with Crippen molar-refractivity contribution in [3.8, 4) is 0 Å². The van der Waals surface area contributed by atoms with E-state index in [2.05, 4.69) is 67.6 Å². The Labute approximate surface area is 88.5 Å². The summed E-state index contributed by atoms with van der Waals surface area (Å²) in [5.41, 5.74) is 3.08. The van der Waals surface area contributed by atoms with E-state index in [1.807, 2.05) is 0 Å². The molecule has 0 radical (unpaired) electrons. The summed E-state index contributed by atoms with van der Waals surface area (Å²) in [6, 6.07) is 8.83. The number of benzene rings is 1. The third kappa shape index (κ3) is 2.22. The van der Waals surface area contributed by atoms with Crippen LogP contribution in [0, 0.1) is 6.92 Å². The molecule has 0 aliphatic rings. The molecule has 66 valence electrons. The molecule has 0 heterocycles. The molecule has 12 heavy (non-hydrogen) atoms. The molecule has 1 rings (SSSR count). The second-order valence-electron chi connectivity index (χ2n) is 3.88. The smallest absolute Gasteiger partial charge is 0.00872 e. The lowest BCUT2D eigenvalue weighted by molar-refractivity contribution is 0.612. The van der Waals surface area contributed by atoms with Gasteiger partial charge in [0.15, 0.2) is 0 Å². The van der Waals surface area contributed by atoms with E-state index in [9.17, 15) is 0 Å². The molecule has 0 bridgehead atoms. The molecule has 1 aromatic carbocycles. The van der Waals surface area contributed by atoms with Gasteiger partial charge in [-0.25, -0.2) is 0 Å². The van der Waals surface area contributed by atoms with Gasteiger partial charge in [0.25, 0.3) is 0 Å². The Morgan fingerprint density at radius 2 is 1.67 bits per heavy atom. The number of hydrogen-bond acceptors (Lipinski definition) is 0. The van der Waals surface area contributed by atoms with Gasteiger partial charge in [-0.3, -0.25) is 0 Å². The van der Waals surface area contributed by atoms with Crippen LogP contribution in [0.4, 0.5) is 0 Å². The maximum Gasteiger partial charge on any atom is 0.00872 e. The summed E-state index contributed by atoms with van der Waals surface area (Å²) in [5, 5.41) is 0. The van der Waals surface area contributed by atoms with Crippen molar-refractivity contribution in [3.05, 3.63) is 35.4 Å². The summed E-state index contributed by atoms with van der Waals surface area (Å²) in [5.74, 6) is 0. The first kappa shape index (κ1) is 10.0. The predicted molar refractivity (Wildman–Crippen MR) is 63.1 cm³/mol. The normalized spacial score (nSPS) is 11.7. The van der Waals surface area contributed by atoms with Crippen LogP contribution < -0.4 is 0 Å². The molecule has 0 amide bonds. The monoisotopic (exact) mass is 274 g/mol. The second-order valence-corrected chi connectivity index (χ2v) is 4.65. The molecule has 1 aromatic rings. The van der Waals surface area contributed by atoms with Crippen LogP contribution in [0.25, 0.3) is 0 Å². The average Bonchev–Trinajstić information content (AvgIpc) is 2.05. The summed E-state index contributed by atoms with van der Waals surface area (Å²) >= 11 is 2.44. The van der Waals surface area contributed by atoms with Crippen LogP contribution in [0.5, 0.6) is 0 Å². The lowest BCUT2D eigenvalue weighted by Crippen LogP contribution is -2.18. The molecule has 0 fully saturated rings. The van der Waals surface area contributed by atoms with Gasteiger partial charge in [-0.05, 0) is 17.9 Å². The van der Waals surface area contributed by atoms with Crippen LogP contribution in [-0.2, 0) is 5.41 Å². The van der Waals surface area contributed by atoms with Crippen molar-refractivity contribution in [2.75, 3.05) is 4.43 Å². The SMILES string of the molecule is Cc1ccc(C(C)(C)CI)cc1. The predicted octanol–water partition coefficient (Wildman–Crippen LogP) is 3.71. The third-order valence-electron chi connectivity index (χ3n) is 2.17. The first-order valence-electron chi connectivity index (χ1n) is 4.19. The van der Waals surface area contributed by atoms with Gasteiger partial charge in [0.05, 0.1) is 0 Å². The van der Waals surface area contributed by atoms with Gasteiger partial charge in [0.1, 0.15) is 0 Å². The standard InChI is InChI=1S/C11H15I/c1-9-4-6-10(7-5-9)11(2,3)8-12/h4-7H,8H2,1-3H3. The highest BCUT2D eigenvalue weighted by Crippen LogP contribution is 2.25. The fourth-order valence-electron chi connectivity index (χ4n) is 1.08. The van der Waals surface area contributed by atoms with E-state index in [-0.39, 0.29) is 0 Å². The Kier molecular flexibility index (Phi) is 3.16. The highest BCUT2D eigenvalue weighted by Gasteiger charge is 2.17. The van der Waals surface area contributed by atoms with Crippen molar-refractivity contribution in [2.45, 2.75) is 26.2 Å². The van der Waals surface area contributed by atoms with Crippen molar-refractivity contribution >= 4 is 22.6 Å². The molecular weight excluding hydrogens is 259 g/mol. The van der Waals surface area contributed by atoms with Gasteiger partial charge in [-0.1, -0.05) is 66.3 Å². The summed E-state index contributed by atoms with van der Waals surface area (Å²) in [6.45, 7) is 6.69. The fraction of sp³-hybridized carbons (Fsp3) is 0.455. The van der Waals surface area contributed by atoms with Gasteiger partial charge in [-0.15, -0.1) is 0 Å². The number of alkyl halides is 1. The minimum absolute atomic E-state index is 0.314. The lowest BCUT2D eigenvalue weighted by atomic mass is 9.87. The second kappa shape index (κ2) is 3.77. The van der Waals surface area contributed by atoms with Gasteiger partial charge in [-0.2, -0.15) is 0 Å². The largest absolute Gasteiger partial charge is 0.0854 e. The lowest BCUT2D eigenvalue weighted by Gasteiger charge is -2.22.